The van der Waals surface area contributed by atoms with Gasteiger partial charge in [0.1, 0.15) is 5.76 Å². The molecule has 1 aromatic carbocycles. The summed E-state index contributed by atoms with van der Waals surface area (Å²) >= 11 is 0. The molecule has 0 saturated carbocycles. The van der Waals surface area contributed by atoms with Crippen LogP contribution in [0.1, 0.15) is 39.5 Å². The number of hydrogen-bond donors (Lipinski definition) is 0. The lowest BCUT2D eigenvalue weighted by Gasteiger charge is -2.28. The van der Waals surface area contributed by atoms with Crippen LogP contribution in [0, 0.1) is 20.8 Å². The van der Waals surface area contributed by atoms with Gasteiger partial charge in [0.15, 0.2) is 5.82 Å². The van der Waals surface area contributed by atoms with E-state index >= 15 is 0 Å². The lowest BCUT2D eigenvalue weighted by atomic mass is 10.1. The number of benzene rings is 1. The van der Waals surface area contributed by atoms with E-state index in [2.05, 4.69) is 17.3 Å². The fourth-order valence-electron chi connectivity index (χ4n) is 4.06. The smallest absolute Gasteiger partial charge is 0.256 e. The van der Waals surface area contributed by atoms with Gasteiger partial charge in [-0.1, -0.05) is 35.5 Å². The molecule has 0 N–H and O–H groups in total. The van der Waals surface area contributed by atoms with Gasteiger partial charge in [-0.2, -0.15) is 0 Å². The first-order valence-corrected chi connectivity index (χ1v) is 10.1. The van der Waals surface area contributed by atoms with Crippen LogP contribution in [0.5, 0.6) is 0 Å². The van der Waals surface area contributed by atoms with Crippen molar-refractivity contribution in [2.24, 2.45) is 0 Å². The number of amides is 1. The number of nitrogens with zero attached hydrogens (tertiary/aromatic N) is 3. The first kappa shape index (κ1) is 19.5. The SMILES string of the molecule is Cc1cc(-n2c(C)cc(C(=O)N(CCc3ccccc3)C3CCOC3)c2C)no1. The van der Waals surface area contributed by atoms with Gasteiger partial charge in [0.05, 0.1) is 18.2 Å². The number of aryl methyl sites for hydroxylation is 2. The maximum atomic E-state index is 13.6. The van der Waals surface area contributed by atoms with Crippen LogP contribution in [0.3, 0.4) is 0 Å². The first-order valence-electron chi connectivity index (χ1n) is 10.1. The maximum Gasteiger partial charge on any atom is 0.256 e. The number of aromatic nitrogens is 2. The van der Waals surface area contributed by atoms with E-state index in [1.165, 1.54) is 5.56 Å². The average molecular weight is 393 g/mol. The Kier molecular flexibility index (Phi) is 5.53. The molecule has 3 heterocycles. The van der Waals surface area contributed by atoms with Crippen LogP contribution >= 0.6 is 0 Å². The molecule has 4 rings (SSSR count). The molecule has 29 heavy (non-hydrogen) atoms. The molecule has 1 atom stereocenters. The summed E-state index contributed by atoms with van der Waals surface area (Å²) in [7, 11) is 0. The lowest BCUT2D eigenvalue weighted by molar-refractivity contribution is 0.0655. The number of carbonyl (C=O) groups is 1. The van der Waals surface area contributed by atoms with Gasteiger partial charge in [0, 0.05) is 30.6 Å². The minimum absolute atomic E-state index is 0.0518. The zero-order valence-electron chi connectivity index (χ0n) is 17.2. The third-order valence-corrected chi connectivity index (χ3v) is 5.60. The van der Waals surface area contributed by atoms with Gasteiger partial charge in [-0.05, 0) is 45.2 Å². The van der Waals surface area contributed by atoms with Gasteiger partial charge in [-0.3, -0.25) is 9.36 Å². The van der Waals surface area contributed by atoms with Crippen LogP contribution in [-0.4, -0.2) is 46.3 Å². The molecule has 1 fully saturated rings. The van der Waals surface area contributed by atoms with Crippen molar-refractivity contribution < 1.29 is 14.1 Å². The summed E-state index contributed by atoms with van der Waals surface area (Å²) in [5, 5.41) is 4.12. The molecule has 2 aromatic heterocycles. The Balaban J connectivity index is 1.62. The minimum atomic E-state index is 0.0518. The van der Waals surface area contributed by atoms with Crippen molar-refractivity contribution in [2.75, 3.05) is 19.8 Å². The summed E-state index contributed by atoms with van der Waals surface area (Å²) in [6.07, 6.45) is 1.70. The highest BCUT2D eigenvalue weighted by atomic mass is 16.5. The third-order valence-electron chi connectivity index (χ3n) is 5.60. The lowest BCUT2D eigenvalue weighted by Crippen LogP contribution is -2.42. The van der Waals surface area contributed by atoms with Gasteiger partial charge in [0.2, 0.25) is 0 Å². The molecule has 1 unspecified atom stereocenters. The molecular formula is C23H27N3O3. The highest BCUT2D eigenvalue weighted by Crippen LogP contribution is 2.24. The molecule has 6 heteroatoms. The molecule has 0 spiro atoms. The van der Waals surface area contributed by atoms with Gasteiger partial charge >= 0.3 is 0 Å². The Bertz CT molecular complexity index is 984. The molecule has 6 nitrogen and oxygen atoms in total. The Labute approximate surface area is 171 Å². The van der Waals surface area contributed by atoms with Crippen LogP contribution in [0.15, 0.2) is 47.0 Å². The fourth-order valence-corrected chi connectivity index (χ4v) is 4.06. The summed E-state index contributed by atoms with van der Waals surface area (Å²) in [6.45, 7) is 7.79. The second kappa shape index (κ2) is 8.25. The van der Waals surface area contributed by atoms with E-state index in [0.29, 0.717) is 31.1 Å². The number of carbonyl (C=O) groups excluding carboxylic acids is 1. The first-order chi connectivity index (χ1) is 14.0. The highest BCUT2D eigenvalue weighted by Gasteiger charge is 2.30. The Morgan fingerprint density at radius 3 is 2.66 bits per heavy atom. The van der Waals surface area contributed by atoms with Crippen molar-refractivity contribution in [3.05, 3.63) is 70.7 Å². The number of hydrogen-bond acceptors (Lipinski definition) is 4. The predicted molar refractivity (Wildman–Crippen MR) is 110 cm³/mol. The van der Waals surface area contributed by atoms with Crippen molar-refractivity contribution in [3.8, 4) is 5.82 Å². The van der Waals surface area contributed by atoms with Gasteiger partial charge in [-0.15, -0.1) is 0 Å². The number of ether oxygens (including phenoxy) is 1. The summed E-state index contributed by atoms with van der Waals surface area (Å²) in [4.78, 5) is 15.6. The monoisotopic (exact) mass is 393 g/mol. The van der Waals surface area contributed by atoms with Crippen molar-refractivity contribution in [1.29, 1.82) is 0 Å². The van der Waals surface area contributed by atoms with E-state index in [4.69, 9.17) is 9.26 Å². The van der Waals surface area contributed by atoms with Crippen LogP contribution in [0.4, 0.5) is 0 Å². The number of rotatable bonds is 6. The molecule has 0 bridgehead atoms. The van der Waals surface area contributed by atoms with Crippen molar-refractivity contribution in [2.45, 2.75) is 39.7 Å². The average Bonchev–Trinajstić information content (AvgIpc) is 3.44. The predicted octanol–water partition coefficient (Wildman–Crippen LogP) is 3.86. The molecule has 3 aromatic rings. The van der Waals surface area contributed by atoms with E-state index in [1.807, 2.05) is 60.6 Å². The van der Waals surface area contributed by atoms with Crippen molar-refractivity contribution in [1.82, 2.24) is 14.6 Å². The quantitative estimate of drug-likeness (QED) is 0.638. The van der Waals surface area contributed by atoms with Crippen LogP contribution in [0.25, 0.3) is 5.82 Å². The normalized spacial score (nSPS) is 16.3. The molecular weight excluding hydrogens is 366 g/mol. The van der Waals surface area contributed by atoms with Crippen LogP contribution < -0.4 is 0 Å². The molecule has 1 aliphatic rings. The van der Waals surface area contributed by atoms with E-state index < -0.39 is 0 Å². The Hall–Kier alpha value is -2.86. The van der Waals surface area contributed by atoms with Gasteiger partial charge < -0.3 is 14.2 Å². The summed E-state index contributed by atoms with van der Waals surface area (Å²) in [5.74, 6) is 1.50. The van der Waals surface area contributed by atoms with Gasteiger partial charge in [-0.25, -0.2) is 0 Å². The molecule has 152 valence electrons. The molecule has 1 amide bonds. The second-order valence-electron chi connectivity index (χ2n) is 7.67. The van der Waals surface area contributed by atoms with Crippen molar-refractivity contribution >= 4 is 5.91 Å². The Morgan fingerprint density at radius 1 is 1.21 bits per heavy atom. The third kappa shape index (κ3) is 3.98. The van der Waals surface area contributed by atoms with Crippen LogP contribution in [-0.2, 0) is 11.2 Å². The summed E-state index contributed by atoms with van der Waals surface area (Å²) in [5.41, 5.74) is 3.78. The molecule has 0 aliphatic carbocycles. The van der Waals surface area contributed by atoms with Gasteiger partial charge in [0.25, 0.3) is 5.91 Å². The minimum Gasteiger partial charge on any atom is -0.379 e. The largest absolute Gasteiger partial charge is 0.379 e. The fraction of sp³-hybridized carbons (Fsp3) is 0.391. The standard InChI is InChI=1S/C23H27N3O3/c1-16-13-21(18(3)26(16)22-14-17(2)29-24-22)23(27)25(20-10-12-28-15-20)11-9-19-7-5-4-6-8-19/h4-8,13-14,20H,9-12,15H2,1-3H3. The van der Waals surface area contributed by atoms with E-state index in [0.717, 1.165) is 30.0 Å². The summed E-state index contributed by atoms with van der Waals surface area (Å²) in [6, 6.07) is 14.2. The highest BCUT2D eigenvalue weighted by molar-refractivity contribution is 5.96. The summed E-state index contributed by atoms with van der Waals surface area (Å²) < 4.78 is 12.8. The van der Waals surface area contributed by atoms with E-state index in [9.17, 15) is 4.79 Å². The van der Waals surface area contributed by atoms with E-state index in [-0.39, 0.29) is 11.9 Å². The molecule has 0 radical (unpaired) electrons. The maximum absolute atomic E-state index is 13.6. The van der Waals surface area contributed by atoms with E-state index in [1.54, 1.807) is 0 Å². The Morgan fingerprint density at radius 2 is 2.00 bits per heavy atom. The molecule has 1 saturated heterocycles. The zero-order chi connectivity index (χ0) is 20.4. The van der Waals surface area contributed by atoms with Crippen molar-refractivity contribution in [3.63, 3.8) is 0 Å². The zero-order valence-corrected chi connectivity index (χ0v) is 17.2. The topological polar surface area (TPSA) is 60.5 Å². The van der Waals surface area contributed by atoms with Crippen LogP contribution in [0.2, 0.25) is 0 Å². The molecule has 1 aliphatic heterocycles. The second-order valence-corrected chi connectivity index (χ2v) is 7.67.